The molecule has 0 unspecified atom stereocenters. The molecule has 10 nitrogen and oxygen atoms in total. The quantitative estimate of drug-likeness (QED) is 0.490. The maximum absolute atomic E-state index is 12.8. The van der Waals surface area contributed by atoms with Crippen LogP contribution in [0.3, 0.4) is 0 Å². The van der Waals surface area contributed by atoms with E-state index in [9.17, 15) is 4.79 Å². The van der Waals surface area contributed by atoms with Crippen LogP contribution in [0, 0.1) is 0 Å². The molecule has 0 aliphatic carbocycles. The molecule has 1 N–H and O–H groups in total. The Morgan fingerprint density at radius 2 is 1.77 bits per heavy atom. The van der Waals surface area contributed by atoms with Crippen molar-refractivity contribution in [3.05, 3.63) is 52.4 Å². The van der Waals surface area contributed by atoms with Crippen molar-refractivity contribution in [3.8, 4) is 34.3 Å². The first-order valence-electron chi connectivity index (χ1n) is 8.86. The lowest BCUT2D eigenvalue weighted by Gasteiger charge is -2.11. The molecule has 0 spiro atoms. The summed E-state index contributed by atoms with van der Waals surface area (Å²) in [7, 11) is 4.56. The number of aromatic nitrogens is 4. The van der Waals surface area contributed by atoms with Crippen molar-refractivity contribution in [2.45, 2.75) is 6.61 Å². The average Bonchev–Trinajstić information content (AvgIpc) is 3.30. The first kappa shape index (κ1) is 19.2. The molecule has 4 aromatic rings. The van der Waals surface area contributed by atoms with Gasteiger partial charge in [-0.15, -0.1) is 10.2 Å². The van der Waals surface area contributed by atoms with Gasteiger partial charge in [-0.05, 0) is 18.2 Å². The monoisotopic (exact) mass is 410 g/mol. The second-order valence-electron chi connectivity index (χ2n) is 6.16. The van der Waals surface area contributed by atoms with E-state index in [0.29, 0.717) is 51.1 Å². The van der Waals surface area contributed by atoms with Gasteiger partial charge in [0.05, 0.1) is 21.3 Å². The van der Waals surface area contributed by atoms with Crippen molar-refractivity contribution in [3.63, 3.8) is 0 Å². The fourth-order valence-corrected chi connectivity index (χ4v) is 3.00. The van der Waals surface area contributed by atoms with E-state index in [1.165, 1.54) is 20.3 Å². The number of aromatic amines is 1. The first-order valence-corrected chi connectivity index (χ1v) is 8.86. The minimum atomic E-state index is -0.248. The summed E-state index contributed by atoms with van der Waals surface area (Å²) in [5.41, 5.74) is 0.723. The van der Waals surface area contributed by atoms with Crippen molar-refractivity contribution in [1.29, 1.82) is 0 Å². The van der Waals surface area contributed by atoms with Crippen molar-refractivity contribution in [2.24, 2.45) is 0 Å². The molecule has 0 bridgehead atoms. The number of ether oxygens (including phenoxy) is 4. The molecule has 0 aliphatic rings. The number of fused-ring (bicyclic) bond motifs is 1. The Bertz CT molecular complexity index is 1240. The lowest BCUT2D eigenvalue weighted by molar-refractivity contribution is 0.294. The van der Waals surface area contributed by atoms with Gasteiger partial charge in [0.1, 0.15) is 28.2 Å². The standard InChI is InChI=1S/C20H18N4O6/c1-26-14-5-4-11(6-16(14)27-2)15-9-13(25)20-17(28-3)7-12(8-18(20)30-15)29-10-19-21-23-24-22-19/h4-9H,10H2,1-3H3,(H,21,22,23,24). The number of tetrazole rings is 1. The van der Waals surface area contributed by atoms with Crippen LogP contribution in [-0.4, -0.2) is 42.0 Å². The summed E-state index contributed by atoms with van der Waals surface area (Å²) in [6.07, 6.45) is 0. The number of hydrogen-bond acceptors (Lipinski definition) is 9. The van der Waals surface area contributed by atoms with Gasteiger partial charge < -0.3 is 23.4 Å². The van der Waals surface area contributed by atoms with E-state index in [1.807, 2.05) is 0 Å². The zero-order chi connectivity index (χ0) is 21.1. The molecule has 2 aromatic carbocycles. The number of rotatable bonds is 7. The fraction of sp³-hybridized carbons (Fsp3) is 0.200. The second-order valence-corrected chi connectivity index (χ2v) is 6.16. The highest BCUT2D eigenvalue weighted by atomic mass is 16.5. The minimum absolute atomic E-state index is 0.0881. The Labute approximate surface area is 170 Å². The third-order valence-corrected chi connectivity index (χ3v) is 4.41. The van der Waals surface area contributed by atoms with Crippen LogP contribution in [-0.2, 0) is 6.61 Å². The normalized spacial score (nSPS) is 10.8. The highest BCUT2D eigenvalue weighted by molar-refractivity contribution is 5.86. The zero-order valence-electron chi connectivity index (χ0n) is 16.5. The number of hydrogen-bond donors (Lipinski definition) is 1. The fourth-order valence-electron chi connectivity index (χ4n) is 3.00. The molecule has 0 aliphatic heterocycles. The molecule has 154 valence electrons. The molecule has 0 amide bonds. The number of nitrogens with one attached hydrogen (secondary N) is 1. The molecule has 4 rings (SSSR count). The van der Waals surface area contributed by atoms with Crippen LogP contribution in [0.4, 0.5) is 0 Å². The van der Waals surface area contributed by atoms with E-state index >= 15 is 0 Å². The summed E-state index contributed by atoms with van der Waals surface area (Å²) >= 11 is 0. The molecule has 2 aromatic heterocycles. The van der Waals surface area contributed by atoms with Gasteiger partial charge in [-0.25, -0.2) is 0 Å². The molecule has 0 saturated carbocycles. The molecule has 30 heavy (non-hydrogen) atoms. The first-order chi connectivity index (χ1) is 14.6. The Kier molecular flexibility index (Phi) is 5.21. The number of methoxy groups -OCH3 is 3. The van der Waals surface area contributed by atoms with Gasteiger partial charge >= 0.3 is 0 Å². The summed E-state index contributed by atoms with van der Waals surface area (Å²) in [6, 6.07) is 9.88. The Morgan fingerprint density at radius 1 is 0.967 bits per heavy atom. The third kappa shape index (κ3) is 3.62. The van der Waals surface area contributed by atoms with Crippen LogP contribution in [0.2, 0.25) is 0 Å². The van der Waals surface area contributed by atoms with E-state index < -0.39 is 0 Å². The minimum Gasteiger partial charge on any atom is -0.496 e. The number of H-pyrrole nitrogens is 1. The van der Waals surface area contributed by atoms with Gasteiger partial charge in [-0.2, -0.15) is 5.21 Å². The van der Waals surface area contributed by atoms with Crippen LogP contribution < -0.4 is 24.4 Å². The van der Waals surface area contributed by atoms with Crippen LogP contribution in [0.15, 0.2) is 45.6 Å². The van der Waals surface area contributed by atoms with Gasteiger partial charge in [0.2, 0.25) is 5.82 Å². The van der Waals surface area contributed by atoms with Crippen LogP contribution in [0.1, 0.15) is 5.82 Å². The molecule has 0 atom stereocenters. The Morgan fingerprint density at radius 3 is 2.47 bits per heavy atom. The van der Waals surface area contributed by atoms with E-state index in [0.717, 1.165) is 0 Å². The highest BCUT2D eigenvalue weighted by Gasteiger charge is 2.15. The van der Waals surface area contributed by atoms with Crippen LogP contribution >= 0.6 is 0 Å². The Balaban J connectivity index is 1.78. The van der Waals surface area contributed by atoms with Crippen LogP contribution in [0.5, 0.6) is 23.0 Å². The molecule has 10 heteroatoms. The molecule has 2 heterocycles. The van der Waals surface area contributed by atoms with E-state index in [2.05, 4.69) is 20.6 Å². The smallest absolute Gasteiger partial charge is 0.211 e. The molecule has 0 radical (unpaired) electrons. The summed E-state index contributed by atoms with van der Waals surface area (Å²) in [6.45, 7) is 0.0881. The number of nitrogens with zero attached hydrogens (tertiary/aromatic N) is 3. The van der Waals surface area contributed by atoms with Crippen molar-refractivity contribution < 1.29 is 23.4 Å². The maximum Gasteiger partial charge on any atom is 0.211 e. The molecule has 0 saturated heterocycles. The average molecular weight is 410 g/mol. The summed E-state index contributed by atoms with van der Waals surface area (Å²) in [5.74, 6) is 2.61. The summed E-state index contributed by atoms with van der Waals surface area (Å²) in [4.78, 5) is 12.8. The van der Waals surface area contributed by atoms with E-state index in [-0.39, 0.29) is 12.0 Å². The van der Waals surface area contributed by atoms with Gasteiger partial charge in [-0.3, -0.25) is 4.79 Å². The van der Waals surface area contributed by atoms with Gasteiger partial charge in [0.25, 0.3) is 0 Å². The largest absolute Gasteiger partial charge is 0.496 e. The van der Waals surface area contributed by atoms with Crippen LogP contribution in [0.25, 0.3) is 22.3 Å². The van der Waals surface area contributed by atoms with Gasteiger partial charge in [0.15, 0.2) is 23.5 Å². The zero-order valence-corrected chi connectivity index (χ0v) is 16.5. The molecule has 0 fully saturated rings. The molecular formula is C20H18N4O6. The summed E-state index contributed by atoms with van der Waals surface area (Å²) < 4.78 is 27.7. The van der Waals surface area contributed by atoms with E-state index in [1.54, 1.807) is 37.4 Å². The predicted molar refractivity (Wildman–Crippen MR) is 106 cm³/mol. The van der Waals surface area contributed by atoms with Gasteiger partial charge in [0, 0.05) is 23.8 Å². The summed E-state index contributed by atoms with van der Waals surface area (Å²) in [5, 5.41) is 13.8. The van der Waals surface area contributed by atoms with Crippen molar-refractivity contribution >= 4 is 11.0 Å². The predicted octanol–water partition coefficient (Wildman–Crippen LogP) is 2.58. The third-order valence-electron chi connectivity index (χ3n) is 4.41. The lowest BCUT2D eigenvalue weighted by Crippen LogP contribution is -2.04. The van der Waals surface area contributed by atoms with Gasteiger partial charge in [-0.1, -0.05) is 5.21 Å². The SMILES string of the molecule is COc1ccc(-c2cc(=O)c3c(OC)cc(OCc4nn[nH]n4)cc3o2)cc1OC. The topological polar surface area (TPSA) is 122 Å². The molecular weight excluding hydrogens is 392 g/mol. The Hall–Kier alpha value is -4.08. The second kappa shape index (κ2) is 8.11. The lowest BCUT2D eigenvalue weighted by atomic mass is 10.1. The maximum atomic E-state index is 12.8. The highest BCUT2D eigenvalue weighted by Crippen LogP contribution is 2.35. The van der Waals surface area contributed by atoms with Crippen molar-refractivity contribution in [2.75, 3.05) is 21.3 Å². The number of benzene rings is 2. The van der Waals surface area contributed by atoms with E-state index in [4.69, 9.17) is 23.4 Å². The van der Waals surface area contributed by atoms with Crippen molar-refractivity contribution in [1.82, 2.24) is 20.6 Å².